The van der Waals surface area contributed by atoms with E-state index in [0.29, 0.717) is 18.5 Å². The summed E-state index contributed by atoms with van der Waals surface area (Å²) in [6.45, 7) is 0. The van der Waals surface area contributed by atoms with Gasteiger partial charge in [0.2, 0.25) is 11.5 Å². The first-order valence-corrected chi connectivity index (χ1v) is 21.8. The molecule has 0 spiro atoms. The summed E-state index contributed by atoms with van der Waals surface area (Å²) in [5.74, 6) is -2.35. The highest BCUT2D eigenvalue weighted by Gasteiger charge is 2.43. The molecule has 0 fully saturated rings. The van der Waals surface area contributed by atoms with Gasteiger partial charge in [-0.15, -0.1) is 0 Å². The first kappa shape index (κ1) is 38.6. The Morgan fingerprint density at radius 3 is 2.24 bits per heavy atom. The fourth-order valence-electron chi connectivity index (χ4n) is 10.1. The van der Waals surface area contributed by atoms with E-state index in [0.717, 1.165) is 88.3 Å². The lowest BCUT2D eigenvalue weighted by molar-refractivity contribution is 0.0473. The third kappa shape index (κ3) is 6.50. The Morgan fingerprint density at radius 1 is 0.635 bits per heavy atom. The van der Waals surface area contributed by atoms with E-state index < -0.39 is 35.2 Å². The van der Waals surface area contributed by atoms with Crippen LogP contribution in [0.2, 0.25) is 0 Å². The van der Waals surface area contributed by atoms with Crippen molar-refractivity contribution in [2.75, 3.05) is 0 Å². The molecule has 6 aromatic rings. The summed E-state index contributed by atoms with van der Waals surface area (Å²) in [4.78, 5) is 4.15. The van der Waals surface area contributed by atoms with E-state index in [1.54, 1.807) is 4.90 Å². The van der Waals surface area contributed by atoms with Crippen molar-refractivity contribution in [3.63, 3.8) is 0 Å². The maximum absolute atomic E-state index is 11.3. The standard InChI is InChI=1S/C54H47N3O6/c58-50-49(51(59)53(61)54(62)52(50)60)56(36-15-6-2-7-16-36)39-20-12-19-38(31-39)55(35-13-4-1-5-14-35)40-25-27-43-42-26-23-34(30-47(42)63-48(43)32-40)33-24-28-46-44(29-33)41-21-10-11-22-45(41)57(46)37-17-8-3-9-18-37/h2-4,6,8-15,17-18,20-24,26,28-32,38,49-50,58-62H,1,5,7,16,19,25,27H2. The van der Waals surface area contributed by atoms with Crippen molar-refractivity contribution in [1.82, 2.24) is 14.4 Å². The number of para-hydroxylation sites is 2. The fraction of sp³-hybridized carbons (Fsp3) is 0.185. The Balaban J connectivity index is 0.960. The molecular formula is C54H47N3O6. The minimum absolute atomic E-state index is 0.161. The highest BCUT2D eigenvalue weighted by molar-refractivity contribution is 6.10. The van der Waals surface area contributed by atoms with Gasteiger partial charge in [-0.2, -0.15) is 0 Å². The zero-order valence-corrected chi connectivity index (χ0v) is 34.6. The van der Waals surface area contributed by atoms with Crippen LogP contribution in [0.25, 0.3) is 55.7 Å². The molecular weight excluding hydrogens is 787 g/mol. The van der Waals surface area contributed by atoms with E-state index in [9.17, 15) is 25.5 Å². The second-order valence-electron chi connectivity index (χ2n) is 16.8. The molecule has 5 N–H and O–H groups in total. The molecule has 0 aliphatic heterocycles. The molecule has 0 radical (unpaired) electrons. The monoisotopic (exact) mass is 833 g/mol. The molecule has 3 atom stereocenters. The summed E-state index contributed by atoms with van der Waals surface area (Å²) in [6, 6.07) is 30.9. The molecule has 9 heteroatoms. The predicted molar refractivity (Wildman–Crippen MR) is 249 cm³/mol. The average molecular weight is 834 g/mol. The SMILES string of the molecule is OC1=C(O)C(O)C(N(C2=CC(N(C3=CCCC=C3)C3=Cc4oc5cc(-c6ccc7c(c6)c6ccccc6n7-c6ccccc6)ccc5c4CC3)CC=C2)C2=CC=CCC2)C(O)=C1O. The molecule has 4 aromatic carbocycles. The van der Waals surface area contributed by atoms with Crippen molar-refractivity contribution in [3.05, 3.63) is 203 Å². The molecule has 0 bridgehead atoms. The minimum atomic E-state index is -1.69. The summed E-state index contributed by atoms with van der Waals surface area (Å²) in [6.07, 6.45) is 24.7. The molecule has 314 valence electrons. The van der Waals surface area contributed by atoms with Crippen molar-refractivity contribution in [1.29, 1.82) is 0 Å². The normalized spacial score (nSPS) is 21.1. The van der Waals surface area contributed by atoms with Crippen molar-refractivity contribution < 1.29 is 29.9 Å². The zero-order chi connectivity index (χ0) is 42.8. The quantitative estimate of drug-likeness (QED) is 0.103. The van der Waals surface area contributed by atoms with Crippen molar-refractivity contribution >= 4 is 38.9 Å². The molecule has 3 unspecified atom stereocenters. The maximum Gasteiger partial charge on any atom is 0.202 e. The van der Waals surface area contributed by atoms with Gasteiger partial charge in [0.15, 0.2) is 11.5 Å². The fourth-order valence-corrected chi connectivity index (χ4v) is 10.1. The first-order chi connectivity index (χ1) is 30.8. The van der Waals surface area contributed by atoms with E-state index >= 15 is 0 Å². The molecule has 9 nitrogen and oxygen atoms in total. The van der Waals surface area contributed by atoms with Crippen LogP contribution < -0.4 is 0 Å². The smallest absolute Gasteiger partial charge is 0.202 e. The molecule has 0 amide bonds. The minimum Gasteiger partial charge on any atom is -0.506 e. The molecule has 11 rings (SSSR count). The number of allylic oxidation sites excluding steroid dienone is 9. The van der Waals surface area contributed by atoms with Crippen LogP contribution in [0.4, 0.5) is 0 Å². The van der Waals surface area contributed by atoms with Gasteiger partial charge in [-0.3, -0.25) is 0 Å². The largest absolute Gasteiger partial charge is 0.506 e. The Labute approximate surface area is 364 Å². The third-order valence-electron chi connectivity index (χ3n) is 13.1. The van der Waals surface area contributed by atoms with E-state index in [1.807, 2.05) is 30.4 Å². The van der Waals surface area contributed by atoms with E-state index in [1.165, 1.54) is 21.9 Å². The number of aromatic nitrogens is 1. The Bertz CT molecular complexity index is 3130. The summed E-state index contributed by atoms with van der Waals surface area (Å²) in [5, 5.41) is 57.7. The summed E-state index contributed by atoms with van der Waals surface area (Å²) in [7, 11) is 0. The molecule has 2 heterocycles. The van der Waals surface area contributed by atoms with Gasteiger partial charge in [-0.1, -0.05) is 85.0 Å². The zero-order valence-electron chi connectivity index (χ0n) is 34.6. The van der Waals surface area contributed by atoms with Crippen molar-refractivity contribution in [3.8, 4) is 16.8 Å². The van der Waals surface area contributed by atoms with Gasteiger partial charge in [0.1, 0.15) is 23.5 Å². The lowest BCUT2D eigenvalue weighted by atomic mass is 9.92. The number of hydrogen-bond donors (Lipinski definition) is 5. The Kier molecular flexibility index (Phi) is 9.50. The van der Waals surface area contributed by atoms with Crippen LogP contribution in [0.3, 0.4) is 0 Å². The molecule has 63 heavy (non-hydrogen) atoms. The van der Waals surface area contributed by atoms with Crippen molar-refractivity contribution in [2.24, 2.45) is 0 Å². The summed E-state index contributed by atoms with van der Waals surface area (Å²) < 4.78 is 9.10. The van der Waals surface area contributed by atoms with Gasteiger partial charge in [-0.05, 0) is 117 Å². The molecule has 0 saturated carbocycles. The number of furan rings is 1. The summed E-state index contributed by atoms with van der Waals surface area (Å²) in [5.41, 5.74) is 11.4. The third-order valence-corrected chi connectivity index (χ3v) is 13.1. The second kappa shape index (κ2) is 15.5. The van der Waals surface area contributed by atoms with Gasteiger partial charge in [0.25, 0.3) is 0 Å². The van der Waals surface area contributed by atoms with Crippen LogP contribution in [-0.2, 0) is 6.42 Å². The number of fused-ring (bicyclic) bond motifs is 6. The van der Waals surface area contributed by atoms with Crippen LogP contribution in [0.1, 0.15) is 49.8 Å². The lowest BCUT2D eigenvalue weighted by Gasteiger charge is -2.43. The number of rotatable bonds is 8. The van der Waals surface area contributed by atoms with E-state index in [2.05, 4.69) is 131 Å². The Morgan fingerprint density at radius 2 is 1.41 bits per heavy atom. The van der Waals surface area contributed by atoms with Crippen LogP contribution >= 0.6 is 0 Å². The maximum atomic E-state index is 11.3. The number of benzene rings is 4. The van der Waals surface area contributed by atoms with E-state index in [-0.39, 0.29) is 6.04 Å². The number of hydrogen-bond acceptors (Lipinski definition) is 8. The summed E-state index contributed by atoms with van der Waals surface area (Å²) >= 11 is 0. The van der Waals surface area contributed by atoms with Crippen LogP contribution in [0, 0.1) is 0 Å². The number of aryl methyl sites for hydroxylation is 1. The predicted octanol–water partition coefficient (Wildman–Crippen LogP) is 12.2. The highest BCUT2D eigenvalue weighted by atomic mass is 16.4. The molecule has 2 aromatic heterocycles. The lowest BCUT2D eigenvalue weighted by Crippen LogP contribution is -2.48. The van der Waals surface area contributed by atoms with Crippen LogP contribution in [0.15, 0.2) is 196 Å². The number of nitrogens with zero attached hydrogens (tertiary/aromatic N) is 3. The van der Waals surface area contributed by atoms with Crippen molar-refractivity contribution in [2.45, 2.75) is 63.1 Å². The second-order valence-corrected chi connectivity index (χ2v) is 16.8. The van der Waals surface area contributed by atoms with Gasteiger partial charge < -0.3 is 44.3 Å². The van der Waals surface area contributed by atoms with Gasteiger partial charge in [-0.25, -0.2) is 0 Å². The molecule has 5 aliphatic rings. The first-order valence-electron chi connectivity index (χ1n) is 21.8. The topological polar surface area (TPSA) is 126 Å². The van der Waals surface area contributed by atoms with E-state index in [4.69, 9.17) is 4.42 Å². The van der Waals surface area contributed by atoms with Gasteiger partial charge in [0.05, 0.1) is 17.1 Å². The number of aliphatic hydroxyl groups excluding tert-OH is 5. The van der Waals surface area contributed by atoms with Crippen LogP contribution in [0.5, 0.6) is 0 Å². The average Bonchev–Trinajstić information content (AvgIpc) is 3.87. The molecule has 5 aliphatic carbocycles. The Hall–Kier alpha value is -7.36. The highest BCUT2D eigenvalue weighted by Crippen LogP contribution is 2.42. The van der Waals surface area contributed by atoms with Gasteiger partial charge >= 0.3 is 0 Å². The van der Waals surface area contributed by atoms with Crippen LogP contribution in [-0.4, -0.2) is 58.1 Å². The van der Waals surface area contributed by atoms with Gasteiger partial charge in [0, 0.05) is 56.3 Å². The number of aliphatic hydroxyl groups is 5. The molecule has 0 saturated heterocycles.